The normalized spacial score (nSPS) is 10.2. The van der Waals surface area contributed by atoms with E-state index in [4.69, 9.17) is 14.9 Å². The van der Waals surface area contributed by atoms with Crippen LogP contribution in [-0.2, 0) is 0 Å². The minimum atomic E-state index is 0.429. The molecule has 2 aromatic carbocycles. The van der Waals surface area contributed by atoms with E-state index < -0.39 is 0 Å². The number of aryl methyl sites for hydroxylation is 1. The number of benzene rings is 2. The summed E-state index contributed by atoms with van der Waals surface area (Å²) in [5.41, 5.74) is 4.28. The molecule has 0 saturated carbocycles. The van der Waals surface area contributed by atoms with Crippen LogP contribution in [0.4, 0.5) is 23.1 Å². The van der Waals surface area contributed by atoms with Crippen molar-refractivity contribution < 1.29 is 4.42 Å². The molecule has 2 heterocycles. The fourth-order valence-corrected chi connectivity index (χ4v) is 2.84. The molecule has 7 nitrogen and oxygen atoms in total. The quantitative estimate of drug-likeness (QED) is 0.535. The van der Waals surface area contributed by atoms with E-state index in [1.54, 1.807) is 36.5 Å². The van der Waals surface area contributed by atoms with Crippen molar-refractivity contribution in [3.8, 4) is 12.1 Å². The molecule has 0 fully saturated rings. The Morgan fingerprint density at radius 1 is 0.964 bits per heavy atom. The third-order valence-corrected chi connectivity index (χ3v) is 4.30. The Kier molecular flexibility index (Phi) is 4.33. The van der Waals surface area contributed by atoms with Crippen molar-refractivity contribution >= 4 is 34.1 Å². The number of fused-ring (bicyclic) bond motifs is 1. The second kappa shape index (κ2) is 7.10. The number of nitriles is 2. The van der Waals surface area contributed by atoms with Gasteiger partial charge in [0.15, 0.2) is 0 Å². The van der Waals surface area contributed by atoms with E-state index in [1.165, 1.54) is 6.26 Å². The van der Waals surface area contributed by atoms with Gasteiger partial charge < -0.3 is 15.1 Å². The number of hydrogen-bond donors (Lipinski definition) is 2. The highest BCUT2D eigenvalue weighted by molar-refractivity contribution is 5.90. The van der Waals surface area contributed by atoms with Crippen molar-refractivity contribution in [2.75, 3.05) is 10.6 Å². The monoisotopic (exact) mass is 366 g/mol. The van der Waals surface area contributed by atoms with Crippen molar-refractivity contribution in [2.24, 2.45) is 0 Å². The van der Waals surface area contributed by atoms with E-state index in [9.17, 15) is 0 Å². The van der Waals surface area contributed by atoms with Crippen LogP contribution >= 0.6 is 0 Å². The molecule has 2 N–H and O–H groups in total. The molecule has 0 radical (unpaired) electrons. The van der Waals surface area contributed by atoms with E-state index in [0.717, 1.165) is 22.3 Å². The highest BCUT2D eigenvalue weighted by Gasteiger charge is 2.11. The predicted molar refractivity (Wildman–Crippen MR) is 105 cm³/mol. The van der Waals surface area contributed by atoms with E-state index in [0.29, 0.717) is 28.5 Å². The van der Waals surface area contributed by atoms with Gasteiger partial charge >= 0.3 is 0 Å². The highest BCUT2D eigenvalue weighted by Crippen LogP contribution is 2.30. The zero-order valence-electron chi connectivity index (χ0n) is 14.9. The number of rotatable bonds is 4. The average Bonchev–Trinajstić information content (AvgIpc) is 3.15. The first-order valence-corrected chi connectivity index (χ1v) is 8.46. The van der Waals surface area contributed by atoms with Crippen LogP contribution in [0.3, 0.4) is 0 Å². The highest BCUT2D eigenvalue weighted by atomic mass is 16.3. The summed E-state index contributed by atoms with van der Waals surface area (Å²) in [7, 11) is 0. The molecule has 0 amide bonds. The Balaban J connectivity index is 1.58. The third-order valence-electron chi connectivity index (χ3n) is 4.30. The van der Waals surface area contributed by atoms with Crippen LogP contribution in [0.1, 0.15) is 16.7 Å². The van der Waals surface area contributed by atoms with Gasteiger partial charge in [-0.2, -0.15) is 15.5 Å². The summed E-state index contributed by atoms with van der Waals surface area (Å²) in [5.74, 6) is 1.04. The van der Waals surface area contributed by atoms with E-state index in [2.05, 4.69) is 32.7 Å². The molecule has 0 unspecified atom stereocenters. The standard InChI is InChI=1S/C21H14N6O/c1-13-18(7-6-17-15(11-23)12-28-20(13)17)26-19-8-9-24-21(27-19)25-16-4-2-14(10-22)3-5-16/h2-9,12H,1H3,(H2,24,25,26,27). The maximum absolute atomic E-state index is 9.14. The topological polar surface area (TPSA) is 111 Å². The molecule has 0 atom stereocenters. The largest absolute Gasteiger partial charge is 0.463 e. The maximum Gasteiger partial charge on any atom is 0.229 e. The van der Waals surface area contributed by atoms with Gasteiger partial charge in [-0.1, -0.05) is 0 Å². The number of aromatic nitrogens is 2. The average molecular weight is 366 g/mol. The van der Waals surface area contributed by atoms with Gasteiger partial charge in [0.25, 0.3) is 0 Å². The molecule has 0 bridgehead atoms. The Labute approximate surface area is 160 Å². The first-order chi connectivity index (χ1) is 13.7. The molecule has 4 rings (SSSR count). The zero-order valence-corrected chi connectivity index (χ0v) is 14.9. The molecule has 0 aliphatic carbocycles. The lowest BCUT2D eigenvalue weighted by Gasteiger charge is -2.11. The number of anilines is 4. The van der Waals surface area contributed by atoms with Gasteiger partial charge in [0.05, 0.1) is 17.2 Å². The van der Waals surface area contributed by atoms with Gasteiger partial charge in [-0.15, -0.1) is 0 Å². The van der Waals surface area contributed by atoms with E-state index in [-0.39, 0.29) is 0 Å². The molecule has 4 aromatic rings. The van der Waals surface area contributed by atoms with Crippen LogP contribution in [0.5, 0.6) is 0 Å². The molecule has 0 spiro atoms. The lowest BCUT2D eigenvalue weighted by Crippen LogP contribution is -2.01. The summed E-state index contributed by atoms with van der Waals surface area (Å²) in [6, 6.07) is 16.7. The third kappa shape index (κ3) is 3.20. The van der Waals surface area contributed by atoms with Crippen LogP contribution in [-0.4, -0.2) is 9.97 Å². The van der Waals surface area contributed by atoms with Crippen molar-refractivity contribution in [3.63, 3.8) is 0 Å². The van der Waals surface area contributed by atoms with Crippen molar-refractivity contribution in [3.05, 3.63) is 71.6 Å². The molecular formula is C21H14N6O. The lowest BCUT2D eigenvalue weighted by atomic mass is 10.1. The van der Waals surface area contributed by atoms with Gasteiger partial charge in [0.2, 0.25) is 5.95 Å². The Morgan fingerprint density at radius 2 is 1.79 bits per heavy atom. The fraction of sp³-hybridized carbons (Fsp3) is 0.0476. The Hall–Kier alpha value is -4.36. The number of furan rings is 1. The van der Waals surface area contributed by atoms with Gasteiger partial charge in [-0.05, 0) is 49.4 Å². The summed E-state index contributed by atoms with van der Waals surface area (Å²) >= 11 is 0. The minimum absolute atomic E-state index is 0.429. The van der Waals surface area contributed by atoms with Crippen LogP contribution in [0, 0.1) is 29.6 Å². The summed E-state index contributed by atoms with van der Waals surface area (Å²) in [5, 5.41) is 25.2. The fourth-order valence-electron chi connectivity index (χ4n) is 2.84. The van der Waals surface area contributed by atoms with Crippen molar-refractivity contribution in [1.82, 2.24) is 9.97 Å². The first-order valence-electron chi connectivity index (χ1n) is 8.46. The van der Waals surface area contributed by atoms with Crippen LogP contribution in [0.25, 0.3) is 11.0 Å². The summed E-state index contributed by atoms with van der Waals surface area (Å²) in [4.78, 5) is 8.69. The summed E-state index contributed by atoms with van der Waals surface area (Å²) in [6.07, 6.45) is 3.11. The molecule has 0 aliphatic rings. The maximum atomic E-state index is 9.14. The van der Waals surface area contributed by atoms with Gasteiger partial charge in [0, 0.05) is 28.5 Å². The molecule has 134 valence electrons. The van der Waals surface area contributed by atoms with Crippen LogP contribution in [0.2, 0.25) is 0 Å². The summed E-state index contributed by atoms with van der Waals surface area (Å²) < 4.78 is 5.54. The smallest absolute Gasteiger partial charge is 0.229 e. The van der Waals surface area contributed by atoms with Gasteiger partial charge in [0.1, 0.15) is 23.7 Å². The second-order valence-corrected chi connectivity index (χ2v) is 6.08. The molecule has 0 aliphatic heterocycles. The Bertz CT molecular complexity index is 1240. The number of nitrogens with zero attached hydrogens (tertiary/aromatic N) is 4. The van der Waals surface area contributed by atoms with E-state index in [1.807, 2.05) is 19.1 Å². The van der Waals surface area contributed by atoms with E-state index >= 15 is 0 Å². The zero-order chi connectivity index (χ0) is 19.5. The van der Waals surface area contributed by atoms with Crippen LogP contribution in [0.15, 0.2) is 59.3 Å². The van der Waals surface area contributed by atoms with Gasteiger partial charge in [-0.3, -0.25) is 0 Å². The number of hydrogen-bond acceptors (Lipinski definition) is 7. The molecule has 0 saturated heterocycles. The lowest BCUT2D eigenvalue weighted by molar-refractivity contribution is 0.612. The molecular weight excluding hydrogens is 352 g/mol. The molecule has 7 heteroatoms. The summed E-state index contributed by atoms with van der Waals surface area (Å²) in [6.45, 7) is 1.92. The SMILES string of the molecule is Cc1c(Nc2ccnc(Nc3ccc(C#N)cc3)n2)ccc2c(C#N)coc12. The van der Waals surface area contributed by atoms with Gasteiger partial charge in [-0.25, -0.2) is 4.98 Å². The number of nitrogens with one attached hydrogen (secondary N) is 2. The van der Waals surface area contributed by atoms with Crippen molar-refractivity contribution in [2.45, 2.75) is 6.92 Å². The predicted octanol–water partition coefficient (Wildman–Crippen LogP) is 4.76. The second-order valence-electron chi connectivity index (χ2n) is 6.08. The first kappa shape index (κ1) is 17.1. The van der Waals surface area contributed by atoms with Crippen molar-refractivity contribution in [1.29, 1.82) is 10.5 Å². The van der Waals surface area contributed by atoms with Crippen LogP contribution < -0.4 is 10.6 Å². The molecule has 2 aromatic heterocycles. The minimum Gasteiger partial charge on any atom is -0.463 e. The molecule has 28 heavy (non-hydrogen) atoms. The Morgan fingerprint density at radius 3 is 2.54 bits per heavy atom.